The van der Waals surface area contributed by atoms with Crippen molar-refractivity contribution in [1.82, 2.24) is 30.2 Å². The first-order chi connectivity index (χ1) is 18.5. The van der Waals surface area contributed by atoms with Crippen LogP contribution in [-0.4, -0.2) is 35.3 Å². The highest BCUT2D eigenvalue weighted by molar-refractivity contribution is 6.30. The predicted octanol–water partition coefficient (Wildman–Crippen LogP) is 4.80. The minimum absolute atomic E-state index is 0.203. The normalized spacial score (nSPS) is 12.1. The standard InChI is InChI=1S/C28H28ClN7O2/c1-3-4-9-24-30-27(29)25(26(37)23-15-10-18(2)16-36(23)38)35(24)17-19-11-13-20(14-12-19)21-7-5-6-8-22(21)28-31-33-34-32-28/h5-8,10-16,26,37H,3-4,9,17H2,1-2H3,(H,31,32,33,34). The Kier molecular flexibility index (Phi) is 7.48. The number of rotatable bonds is 9. The van der Waals surface area contributed by atoms with Gasteiger partial charge in [0, 0.05) is 30.2 Å². The Morgan fingerprint density at radius 1 is 1.08 bits per heavy atom. The number of nitrogens with zero attached hydrogens (tertiary/aromatic N) is 6. The van der Waals surface area contributed by atoms with Crippen LogP contribution in [-0.2, 0) is 13.0 Å². The maximum atomic E-state index is 12.6. The van der Waals surface area contributed by atoms with Gasteiger partial charge >= 0.3 is 0 Å². The van der Waals surface area contributed by atoms with Gasteiger partial charge in [0.2, 0.25) is 11.5 Å². The SMILES string of the molecule is CCCCc1nc(Cl)c(C(O)c2ccc(C)c[n+]2[O-])n1Cc1ccc(-c2ccccc2-c2nn[nH]n2)cc1. The topological polar surface area (TPSA) is 119 Å². The summed E-state index contributed by atoms with van der Waals surface area (Å²) < 4.78 is 2.63. The van der Waals surface area contributed by atoms with Crippen molar-refractivity contribution in [2.75, 3.05) is 0 Å². The van der Waals surface area contributed by atoms with Gasteiger partial charge in [-0.15, -0.1) is 10.2 Å². The quantitative estimate of drug-likeness (QED) is 0.209. The lowest BCUT2D eigenvalue weighted by Crippen LogP contribution is -2.34. The number of hydrogen-bond acceptors (Lipinski definition) is 6. The number of aromatic amines is 1. The van der Waals surface area contributed by atoms with Crippen LogP contribution in [0.2, 0.25) is 5.15 Å². The molecule has 0 aliphatic rings. The van der Waals surface area contributed by atoms with E-state index in [-0.39, 0.29) is 10.8 Å². The zero-order valence-corrected chi connectivity index (χ0v) is 21.9. The van der Waals surface area contributed by atoms with E-state index >= 15 is 0 Å². The fraction of sp³-hybridized carbons (Fsp3) is 0.250. The van der Waals surface area contributed by atoms with Gasteiger partial charge < -0.3 is 14.9 Å². The Morgan fingerprint density at radius 3 is 2.53 bits per heavy atom. The summed E-state index contributed by atoms with van der Waals surface area (Å²) >= 11 is 6.57. The summed E-state index contributed by atoms with van der Waals surface area (Å²) in [7, 11) is 0. The molecule has 5 aromatic rings. The van der Waals surface area contributed by atoms with Gasteiger partial charge in [-0.05, 0) is 41.3 Å². The minimum atomic E-state index is -1.22. The first-order valence-corrected chi connectivity index (χ1v) is 12.9. The first kappa shape index (κ1) is 25.6. The zero-order chi connectivity index (χ0) is 26.6. The molecule has 9 nitrogen and oxygen atoms in total. The Bertz CT molecular complexity index is 1530. The van der Waals surface area contributed by atoms with E-state index in [2.05, 4.69) is 32.5 Å². The monoisotopic (exact) mass is 529 g/mol. The number of unbranched alkanes of at least 4 members (excludes halogenated alkanes) is 1. The molecule has 0 fully saturated rings. The number of pyridine rings is 1. The Labute approximate surface area is 225 Å². The molecule has 2 aromatic carbocycles. The van der Waals surface area contributed by atoms with Gasteiger partial charge in [-0.1, -0.05) is 73.5 Å². The molecule has 0 spiro atoms. The summed E-state index contributed by atoms with van der Waals surface area (Å²) in [6.45, 7) is 4.39. The van der Waals surface area contributed by atoms with Crippen LogP contribution in [0, 0.1) is 12.1 Å². The first-order valence-electron chi connectivity index (χ1n) is 12.5. The molecular formula is C28H28ClN7O2. The van der Waals surface area contributed by atoms with Crippen molar-refractivity contribution in [3.63, 3.8) is 0 Å². The minimum Gasteiger partial charge on any atom is -0.618 e. The fourth-order valence-electron chi connectivity index (χ4n) is 4.57. The Morgan fingerprint density at radius 2 is 1.84 bits per heavy atom. The summed E-state index contributed by atoms with van der Waals surface area (Å²) in [6, 6.07) is 19.5. The number of aromatic nitrogens is 7. The third kappa shape index (κ3) is 5.16. The summed E-state index contributed by atoms with van der Waals surface area (Å²) in [5, 5.41) is 38.5. The zero-order valence-electron chi connectivity index (χ0n) is 21.2. The van der Waals surface area contributed by atoms with Gasteiger partial charge in [0.05, 0.1) is 5.69 Å². The maximum Gasteiger partial charge on any atom is 0.227 e. The molecule has 3 heterocycles. The highest BCUT2D eigenvalue weighted by Crippen LogP contribution is 2.32. The van der Waals surface area contributed by atoms with E-state index in [9.17, 15) is 10.3 Å². The highest BCUT2D eigenvalue weighted by Gasteiger charge is 2.28. The van der Waals surface area contributed by atoms with E-state index in [1.807, 2.05) is 60.0 Å². The second kappa shape index (κ2) is 11.1. The second-order valence-electron chi connectivity index (χ2n) is 9.23. The second-order valence-corrected chi connectivity index (χ2v) is 9.59. The molecule has 5 rings (SSSR count). The van der Waals surface area contributed by atoms with Crippen LogP contribution < -0.4 is 4.73 Å². The summed E-state index contributed by atoms with van der Waals surface area (Å²) in [5.74, 6) is 1.31. The van der Waals surface area contributed by atoms with Crippen molar-refractivity contribution in [1.29, 1.82) is 0 Å². The molecule has 3 aromatic heterocycles. The Balaban J connectivity index is 1.49. The van der Waals surface area contributed by atoms with E-state index in [1.54, 1.807) is 12.1 Å². The average molecular weight is 530 g/mol. The molecule has 0 amide bonds. The molecule has 1 unspecified atom stereocenters. The molecule has 0 saturated carbocycles. The molecule has 1 atom stereocenters. The molecular weight excluding hydrogens is 502 g/mol. The number of hydrogen-bond donors (Lipinski definition) is 2. The van der Waals surface area contributed by atoms with Gasteiger partial charge in [-0.25, -0.2) is 4.98 Å². The van der Waals surface area contributed by atoms with E-state index in [0.29, 0.717) is 29.2 Å². The number of aliphatic hydroxyl groups excluding tert-OH is 1. The third-order valence-corrected chi connectivity index (χ3v) is 6.82. The van der Waals surface area contributed by atoms with Crippen LogP contribution in [0.3, 0.4) is 0 Å². The number of aliphatic hydroxyl groups is 1. The number of benzene rings is 2. The summed E-state index contributed by atoms with van der Waals surface area (Å²) in [4.78, 5) is 4.58. The number of tetrazole rings is 1. The lowest BCUT2D eigenvalue weighted by molar-refractivity contribution is -0.618. The van der Waals surface area contributed by atoms with Gasteiger partial charge in [0.1, 0.15) is 5.82 Å². The van der Waals surface area contributed by atoms with Crippen molar-refractivity contribution >= 4 is 11.6 Å². The van der Waals surface area contributed by atoms with Crippen LogP contribution >= 0.6 is 11.6 Å². The highest BCUT2D eigenvalue weighted by atomic mass is 35.5. The van der Waals surface area contributed by atoms with Gasteiger partial charge in [0.25, 0.3) is 0 Å². The molecule has 38 heavy (non-hydrogen) atoms. The summed E-state index contributed by atoms with van der Waals surface area (Å²) in [6.07, 6.45) is 2.86. The van der Waals surface area contributed by atoms with Crippen molar-refractivity contribution in [3.8, 4) is 22.5 Å². The van der Waals surface area contributed by atoms with Gasteiger partial charge in [-0.2, -0.15) is 9.94 Å². The molecule has 10 heteroatoms. The van der Waals surface area contributed by atoms with E-state index < -0.39 is 6.10 Å². The van der Waals surface area contributed by atoms with Crippen LogP contribution in [0.5, 0.6) is 0 Å². The van der Waals surface area contributed by atoms with Gasteiger partial charge in [0.15, 0.2) is 17.5 Å². The molecule has 0 bridgehead atoms. The van der Waals surface area contributed by atoms with Crippen molar-refractivity contribution in [2.24, 2.45) is 0 Å². The van der Waals surface area contributed by atoms with E-state index in [1.165, 1.54) is 6.20 Å². The van der Waals surface area contributed by atoms with Crippen molar-refractivity contribution in [3.05, 3.63) is 106 Å². The number of aryl methyl sites for hydroxylation is 2. The number of imidazole rings is 1. The smallest absolute Gasteiger partial charge is 0.227 e. The van der Waals surface area contributed by atoms with Crippen LogP contribution in [0.1, 0.15) is 54.2 Å². The molecule has 0 saturated heterocycles. The third-order valence-electron chi connectivity index (χ3n) is 6.55. The number of halogens is 1. The fourth-order valence-corrected chi connectivity index (χ4v) is 4.87. The van der Waals surface area contributed by atoms with E-state index in [4.69, 9.17) is 11.6 Å². The Hall–Kier alpha value is -4.08. The molecule has 194 valence electrons. The van der Waals surface area contributed by atoms with Crippen LogP contribution in [0.4, 0.5) is 0 Å². The largest absolute Gasteiger partial charge is 0.618 e. The summed E-state index contributed by atoms with van der Waals surface area (Å²) in [5.41, 5.74) is 5.31. The van der Waals surface area contributed by atoms with E-state index in [0.717, 1.165) is 46.5 Å². The van der Waals surface area contributed by atoms with Crippen LogP contribution in [0.25, 0.3) is 22.5 Å². The van der Waals surface area contributed by atoms with Crippen molar-refractivity contribution < 1.29 is 9.84 Å². The molecule has 2 N–H and O–H groups in total. The van der Waals surface area contributed by atoms with Crippen molar-refractivity contribution in [2.45, 2.75) is 45.8 Å². The molecule has 0 radical (unpaired) electrons. The molecule has 0 aliphatic heterocycles. The lowest BCUT2D eigenvalue weighted by Gasteiger charge is -2.17. The van der Waals surface area contributed by atoms with Gasteiger partial charge in [-0.3, -0.25) is 0 Å². The number of nitrogens with one attached hydrogen (secondary N) is 1. The predicted molar refractivity (Wildman–Crippen MR) is 144 cm³/mol. The molecule has 0 aliphatic carbocycles. The van der Waals surface area contributed by atoms with Crippen LogP contribution in [0.15, 0.2) is 66.9 Å². The lowest BCUT2D eigenvalue weighted by atomic mass is 9.98. The number of H-pyrrole nitrogens is 1. The average Bonchev–Trinajstić information content (AvgIpc) is 3.56. The maximum absolute atomic E-state index is 12.6.